The topological polar surface area (TPSA) is 77.4 Å². The number of carbonyl (C=O) groups is 2. The smallest absolute Gasteiger partial charge is 0.333 e. The van der Waals surface area contributed by atoms with Gasteiger partial charge in [0.25, 0.3) is 5.56 Å². The number of benzene rings is 1. The molecule has 1 N–H and O–H groups in total. The van der Waals surface area contributed by atoms with E-state index in [2.05, 4.69) is 5.32 Å². The molecule has 1 amide bonds. The summed E-state index contributed by atoms with van der Waals surface area (Å²) in [5.74, 6) is -0.862. The maximum absolute atomic E-state index is 12.9. The molecule has 1 aromatic carbocycles. The van der Waals surface area contributed by atoms with E-state index in [-0.39, 0.29) is 30.7 Å². The number of nitrogens with one attached hydrogen (secondary N) is 1. The van der Waals surface area contributed by atoms with Crippen molar-refractivity contribution in [3.05, 3.63) is 77.8 Å². The van der Waals surface area contributed by atoms with Crippen molar-refractivity contribution in [2.75, 3.05) is 6.61 Å². The highest BCUT2D eigenvalue weighted by molar-refractivity contribution is 7.08. The molecule has 6 nitrogen and oxygen atoms in total. The minimum atomic E-state index is -0.548. The third-order valence-corrected chi connectivity index (χ3v) is 6.05. The highest BCUT2D eigenvalue weighted by Gasteiger charge is 2.14. The second kappa shape index (κ2) is 10.2. The van der Waals surface area contributed by atoms with E-state index >= 15 is 0 Å². The van der Waals surface area contributed by atoms with Crippen LogP contribution in [0.4, 0.5) is 0 Å². The van der Waals surface area contributed by atoms with E-state index in [1.54, 1.807) is 13.0 Å². The lowest BCUT2D eigenvalue weighted by molar-refractivity contribution is -0.135. The molecule has 0 aliphatic heterocycles. The van der Waals surface area contributed by atoms with Gasteiger partial charge in [0, 0.05) is 0 Å². The Morgan fingerprint density at radius 3 is 2.67 bits per heavy atom. The largest absolute Gasteiger partial charge is 0.463 e. The van der Waals surface area contributed by atoms with Crippen LogP contribution in [-0.4, -0.2) is 23.1 Å². The molecule has 2 aromatic heterocycles. The molecule has 0 aliphatic carbocycles. The van der Waals surface area contributed by atoms with Gasteiger partial charge >= 0.3 is 5.97 Å². The maximum Gasteiger partial charge on any atom is 0.333 e. The van der Waals surface area contributed by atoms with Crippen LogP contribution in [0.15, 0.2) is 52.0 Å². The van der Waals surface area contributed by atoms with Gasteiger partial charge in [0.1, 0.15) is 11.2 Å². The van der Waals surface area contributed by atoms with E-state index in [0.717, 1.165) is 22.5 Å². The first-order chi connectivity index (χ1) is 14.5. The third-order valence-electron chi connectivity index (χ3n) is 4.28. The third kappa shape index (κ3) is 5.55. The second-order valence-corrected chi connectivity index (χ2v) is 8.34. The van der Waals surface area contributed by atoms with E-state index in [1.807, 2.05) is 54.1 Å². The van der Waals surface area contributed by atoms with Gasteiger partial charge in [-0.05, 0) is 47.9 Å². The van der Waals surface area contributed by atoms with Gasteiger partial charge in [-0.3, -0.25) is 14.2 Å². The Morgan fingerprint density at radius 1 is 1.23 bits per heavy atom. The zero-order valence-electron chi connectivity index (χ0n) is 16.7. The van der Waals surface area contributed by atoms with Crippen molar-refractivity contribution in [1.82, 2.24) is 9.88 Å². The highest BCUT2D eigenvalue weighted by Crippen LogP contribution is 2.10. The molecule has 2 heterocycles. The number of hydrogen-bond donors (Lipinski definition) is 1. The predicted molar refractivity (Wildman–Crippen MR) is 120 cm³/mol. The summed E-state index contributed by atoms with van der Waals surface area (Å²) in [4.78, 5) is 37.5. The molecule has 3 rings (SSSR count). The quantitative estimate of drug-likeness (QED) is 0.568. The van der Waals surface area contributed by atoms with E-state index in [1.165, 1.54) is 22.0 Å². The zero-order chi connectivity index (χ0) is 21.5. The van der Waals surface area contributed by atoms with Crippen LogP contribution in [0.5, 0.6) is 0 Å². The Kier molecular flexibility index (Phi) is 7.37. The fourth-order valence-corrected chi connectivity index (χ4v) is 4.49. The molecule has 0 radical (unpaired) electrons. The van der Waals surface area contributed by atoms with Gasteiger partial charge < -0.3 is 10.1 Å². The van der Waals surface area contributed by atoms with Gasteiger partial charge in [-0.1, -0.05) is 30.3 Å². The predicted octanol–water partition coefficient (Wildman–Crippen LogP) is 2.02. The van der Waals surface area contributed by atoms with Gasteiger partial charge in [-0.15, -0.1) is 11.3 Å². The first kappa shape index (κ1) is 21.7. The number of nitrogens with zero attached hydrogens (tertiary/aromatic N) is 1. The number of amides is 1. The summed E-state index contributed by atoms with van der Waals surface area (Å²) in [6, 6.07) is 11.3. The molecule has 156 valence electrons. The summed E-state index contributed by atoms with van der Waals surface area (Å²) >= 11 is 2.69. The maximum atomic E-state index is 12.9. The van der Waals surface area contributed by atoms with Crippen molar-refractivity contribution in [3.63, 3.8) is 0 Å². The lowest BCUT2D eigenvalue weighted by Crippen LogP contribution is -2.39. The lowest BCUT2D eigenvalue weighted by Gasteiger charge is -2.14. The number of aromatic nitrogens is 1. The molecule has 0 fully saturated rings. The first-order valence-corrected chi connectivity index (χ1v) is 11.2. The number of rotatable bonds is 7. The Hall–Kier alpha value is -2.97. The van der Waals surface area contributed by atoms with Crippen molar-refractivity contribution < 1.29 is 14.3 Å². The average molecular weight is 443 g/mol. The summed E-state index contributed by atoms with van der Waals surface area (Å²) < 4.78 is 7.11. The SMILES string of the molecule is CCOC(=O)C=c1sc(=Cc2ccsc2)c(=O)n1CC(=O)NC(C)c1ccccc1. The van der Waals surface area contributed by atoms with Crippen molar-refractivity contribution in [2.45, 2.75) is 26.4 Å². The van der Waals surface area contributed by atoms with Crippen LogP contribution >= 0.6 is 22.7 Å². The minimum absolute atomic E-state index is 0.185. The van der Waals surface area contributed by atoms with Crippen LogP contribution in [0.1, 0.15) is 31.0 Å². The Bertz CT molecular complexity index is 1180. The van der Waals surface area contributed by atoms with Crippen molar-refractivity contribution in [2.24, 2.45) is 0 Å². The van der Waals surface area contributed by atoms with Crippen LogP contribution in [0.2, 0.25) is 0 Å². The number of thiazole rings is 1. The molecule has 30 heavy (non-hydrogen) atoms. The molecule has 8 heteroatoms. The molecule has 0 saturated heterocycles. The van der Waals surface area contributed by atoms with Crippen LogP contribution in [0.3, 0.4) is 0 Å². The molecular weight excluding hydrogens is 420 g/mol. The molecule has 1 atom stereocenters. The zero-order valence-corrected chi connectivity index (χ0v) is 18.3. The molecule has 1 unspecified atom stereocenters. The number of hydrogen-bond acceptors (Lipinski definition) is 6. The monoisotopic (exact) mass is 442 g/mol. The molecular formula is C22H22N2O4S2. The number of carbonyl (C=O) groups excluding carboxylic acids is 2. The normalized spacial score (nSPS) is 13.3. The Balaban J connectivity index is 1.92. The molecule has 0 bridgehead atoms. The van der Waals surface area contributed by atoms with Crippen molar-refractivity contribution in [3.8, 4) is 0 Å². The Morgan fingerprint density at radius 2 is 2.00 bits per heavy atom. The molecule has 0 saturated carbocycles. The molecule has 0 spiro atoms. The summed E-state index contributed by atoms with van der Waals surface area (Å²) in [5, 5.41) is 6.74. The summed E-state index contributed by atoms with van der Waals surface area (Å²) in [6.07, 6.45) is 3.02. The fourth-order valence-electron chi connectivity index (χ4n) is 2.84. The van der Waals surface area contributed by atoms with E-state index in [9.17, 15) is 14.4 Å². The molecule has 0 aliphatic rings. The van der Waals surface area contributed by atoms with Crippen LogP contribution in [-0.2, 0) is 20.9 Å². The number of esters is 1. The van der Waals surface area contributed by atoms with Crippen molar-refractivity contribution >= 4 is 46.7 Å². The van der Waals surface area contributed by atoms with Crippen LogP contribution < -0.4 is 20.1 Å². The van der Waals surface area contributed by atoms with Crippen LogP contribution in [0, 0.1) is 0 Å². The lowest BCUT2D eigenvalue weighted by atomic mass is 10.1. The van der Waals surface area contributed by atoms with Gasteiger partial charge in [0.2, 0.25) is 5.91 Å². The number of ether oxygens (including phenoxy) is 1. The number of thiophene rings is 1. The molecule has 3 aromatic rings. The van der Waals surface area contributed by atoms with Gasteiger partial charge in [-0.25, -0.2) is 4.79 Å². The van der Waals surface area contributed by atoms with E-state index in [4.69, 9.17) is 4.74 Å². The average Bonchev–Trinajstić information content (AvgIpc) is 3.33. The van der Waals surface area contributed by atoms with Gasteiger partial charge in [-0.2, -0.15) is 11.3 Å². The summed E-state index contributed by atoms with van der Waals surface area (Å²) in [7, 11) is 0. The van der Waals surface area contributed by atoms with E-state index in [0.29, 0.717) is 9.20 Å². The van der Waals surface area contributed by atoms with Crippen molar-refractivity contribution in [1.29, 1.82) is 0 Å². The van der Waals surface area contributed by atoms with Gasteiger partial charge in [0.15, 0.2) is 0 Å². The summed E-state index contributed by atoms with van der Waals surface area (Å²) in [5.41, 5.74) is 1.55. The Labute approximate surface area is 181 Å². The van der Waals surface area contributed by atoms with Crippen LogP contribution in [0.25, 0.3) is 12.2 Å². The minimum Gasteiger partial charge on any atom is -0.463 e. The summed E-state index contributed by atoms with van der Waals surface area (Å²) in [6.45, 7) is 3.63. The van der Waals surface area contributed by atoms with Gasteiger partial charge in [0.05, 0.1) is 23.3 Å². The fraction of sp³-hybridized carbons (Fsp3) is 0.227. The second-order valence-electron chi connectivity index (χ2n) is 6.49. The van der Waals surface area contributed by atoms with E-state index < -0.39 is 5.97 Å². The highest BCUT2D eigenvalue weighted by atomic mass is 32.1. The first-order valence-electron chi connectivity index (χ1n) is 9.44. The standard InChI is InChI=1S/C22H22N2O4S2/c1-3-28-21(26)12-20-24(22(27)18(30-20)11-16-9-10-29-14-16)13-19(25)23-15(2)17-7-5-4-6-8-17/h4-12,14-15H,3,13H2,1-2H3,(H,23,25).